The number of rotatable bonds is 5. The molecule has 1 aliphatic rings. The van der Waals surface area contributed by atoms with E-state index in [1.54, 1.807) is 0 Å². The molecule has 192 valence electrons. The second-order valence-electron chi connectivity index (χ2n) is 10.5. The van der Waals surface area contributed by atoms with E-state index in [1.807, 2.05) is 0 Å². The molecule has 5 aromatic rings. The maximum Gasteiger partial charge on any atom is 0.134 e. The lowest BCUT2D eigenvalue weighted by molar-refractivity contribution is -0.119. The van der Waals surface area contributed by atoms with Crippen LogP contribution < -0.4 is 5.30 Å². The first-order chi connectivity index (χ1) is 19.1. The number of hydrogen-bond acceptors (Lipinski definition) is 1. The van der Waals surface area contributed by atoms with Crippen LogP contribution in [0.15, 0.2) is 127 Å². The fraction of sp³-hybridized carbons (Fsp3) is 0.162. The van der Waals surface area contributed by atoms with E-state index < -0.39 is 7.92 Å². The maximum absolute atomic E-state index is 13.6. The van der Waals surface area contributed by atoms with Crippen LogP contribution in [0, 0.1) is 13.8 Å². The van der Waals surface area contributed by atoms with Crippen molar-refractivity contribution in [3.05, 3.63) is 150 Å². The zero-order valence-corrected chi connectivity index (χ0v) is 23.4. The number of benzene rings is 5. The molecule has 6 rings (SSSR count). The van der Waals surface area contributed by atoms with Gasteiger partial charge in [-0.3, -0.25) is 4.79 Å². The predicted molar refractivity (Wildman–Crippen MR) is 166 cm³/mol. The zero-order valence-electron chi connectivity index (χ0n) is 22.5. The third kappa shape index (κ3) is 5.00. The molecular weight excluding hydrogens is 491 g/mol. The van der Waals surface area contributed by atoms with E-state index in [9.17, 15) is 4.79 Å². The smallest absolute Gasteiger partial charge is 0.134 e. The Morgan fingerprint density at radius 1 is 0.513 bits per heavy atom. The Kier molecular flexibility index (Phi) is 7.27. The van der Waals surface area contributed by atoms with E-state index in [1.165, 1.54) is 49.8 Å². The Morgan fingerprint density at radius 2 is 0.923 bits per heavy atom. The Morgan fingerprint density at radius 3 is 1.36 bits per heavy atom. The molecule has 0 saturated carbocycles. The van der Waals surface area contributed by atoms with Crippen LogP contribution in [0.1, 0.15) is 46.4 Å². The highest BCUT2D eigenvalue weighted by Crippen LogP contribution is 2.68. The molecule has 0 amide bonds. The van der Waals surface area contributed by atoms with E-state index in [0.717, 1.165) is 0 Å². The second-order valence-corrected chi connectivity index (χ2v) is 13.0. The average molecular weight is 525 g/mol. The summed E-state index contributed by atoms with van der Waals surface area (Å²) in [7, 11) is -0.815. The van der Waals surface area contributed by atoms with Gasteiger partial charge in [0.05, 0.1) is 0 Å². The molecule has 0 aliphatic carbocycles. The van der Waals surface area contributed by atoms with Gasteiger partial charge < -0.3 is 0 Å². The van der Waals surface area contributed by atoms with Crippen molar-refractivity contribution in [2.45, 2.75) is 38.0 Å². The first kappa shape index (κ1) is 25.5. The first-order valence-electron chi connectivity index (χ1n) is 13.8. The summed E-state index contributed by atoms with van der Waals surface area (Å²) in [5.74, 6) is 0.369. The van der Waals surface area contributed by atoms with Gasteiger partial charge >= 0.3 is 0 Å². The van der Waals surface area contributed by atoms with Gasteiger partial charge in [0.2, 0.25) is 0 Å². The maximum atomic E-state index is 13.6. The number of Topliss-reactive ketones (excluding diaryl/α,β-unsaturated/α-hetero) is 1. The van der Waals surface area contributed by atoms with Crippen molar-refractivity contribution in [1.82, 2.24) is 0 Å². The Labute approximate surface area is 233 Å². The second kappa shape index (κ2) is 11.1. The van der Waals surface area contributed by atoms with E-state index in [0.29, 0.717) is 18.6 Å². The summed E-state index contributed by atoms with van der Waals surface area (Å²) in [6, 6.07) is 45.8. The SMILES string of the molecule is Cc1ccccc1C1CC(=O)CC(c2ccccc2C)P1c1c(-c2ccccc2)cccc1-c1ccccc1. The molecule has 1 heterocycles. The minimum Gasteiger partial charge on any atom is -0.300 e. The number of ketones is 1. The van der Waals surface area contributed by atoms with Crippen LogP contribution >= 0.6 is 7.92 Å². The molecule has 5 aromatic carbocycles. The first-order valence-corrected chi connectivity index (χ1v) is 15.2. The number of carbonyl (C=O) groups is 1. The fourth-order valence-electron chi connectivity index (χ4n) is 6.20. The molecule has 0 bridgehead atoms. The zero-order chi connectivity index (χ0) is 26.8. The van der Waals surface area contributed by atoms with Crippen LogP contribution in [0.5, 0.6) is 0 Å². The van der Waals surface area contributed by atoms with E-state index in [-0.39, 0.29) is 11.3 Å². The molecular formula is C37H33OP. The van der Waals surface area contributed by atoms with Crippen LogP contribution in [0.3, 0.4) is 0 Å². The predicted octanol–water partition coefficient (Wildman–Crippen LogP) is 9.59. The summed E-state index contributed by atoms with van der Waals surface area (Å²) in [5.41, 5.74) is 10.5. The van der Waals surface area contributed by atoms with Crippen LogP contribution in [-0.2, 0) is 4.79 Å². The molecule has 0 aromatic heterocycles. The molecule has 39 heavy (non-hydrogen) atoms. The standard InChI is InChI=1S/C37H33OP/c1-26-14-9-11-20-31(26)35-24-30(38)25-36(32-21-12-10-15-27(32)2)39(35)37-33(28-16-5-3-6-17-28)22-13-23-34(37)29-18-7-4-8-19-29/h3-23,35-36H,24-25H2,1-2H3. The van der Waals surface area contributed by atoms with Crippen LogP contribution in [-0.4, -0.2) is 5.78 Å². The summed E-state index contributed by atoms with van der Waals surface area (Å²) in [5, 5.41) is 1.42. The van der Waals surface area contributed by atoms with Gasteiger partial charge in [-0.05, 0) is 63.7 Å². The Balaban J connectivity index is 1.69. The minimum atomic E-state index is -0.815. The number of hydrogen-bond donors (Lipinski definition) is 0. The number of aryl methyl sites for hydroxylation is 2. The highest BCUT2D eigenvalue weighted by molar-refractivity contribution is 7.67. The lowest BCUT2D eigenvalue weighted by atomic mass is 9.96. The number of carbonyl (C=O) groups excluding carboxylic acids is 1. The van der Waals surface area contributed by atoms with Crippen molar-refractivity contribution in [2.24, 2.45) is 0 Å². The van der Waals surface area contributed by atoms with E-state index in [2.05, 4.69) is 141 Å². The van der Waals surface area contributed by atoms with Crippen LogP contribution in [0.2, 0.25) is 0 Å². The molecule has 2 atom stereocenters. The summed E-state index contributed by atoms with van der Waals surface area (Å²) >= 11 is 0. The molecule has 1 saturated heterocycles. The average Bonchev–Trinajstić information content (AvgIpc) is 2.98. The highest BCUT2D eigenvalue weighted by Gasteiger charge is 2.42. The molecule has 2 heteroatoms. The van der Waals surface area contributed by atoms with Crippen molar-refractivity contribution in [3.8, 4) is 22.3 Å². The summed E-state index contributed by atoms with van der Waals surface area (Å²) in [6.45, 7) is 4.40. The van der Waals surface area contributed by atoms with Crippen molar-refractivity contribution < 1.29 is 4.79 Å². The molecule has 0 radical (unpaired) electrons. The van der Waals surface area contributed by atoms with Gasteiger partial charge in [-0.15, -0.1) is 0 Å². The third-order valence-electron chi connectivity index (χ3n) is 8.07. The van der Waals surface area contributed by atoms with Gasteiger partial charge in [0.15, 0.2) is 0 Å². The lowest BCUT2D eigenvalue weighted by Crippen LogP contribution is -2.26. The Bertz CT molecular complexity index is 1490. The van der Waals surface area contributed by atoms with Crippen LogP contribution in [0.25, 0.3) is 22.3 Å². The molecule has 0 spiro atoms. The molecule has 2 unspecified atom stereocenters. The minimum absolute atomic E-state index is 0.152. The normalized spacial score (nSPS) is 19.1. The lowest BCUT2D eigenvalue weighted by Gasteiger charge is -2.42. The van der Waals surface area contributed by atoms with E-state index in [4.69, 9.17) is 0 Å². The van der Waals surface area contributed by atoms with Gasteiger partial charge in [-0.1, -0.05) is 135 Å². The van der Waals surface area contributed by atoms with Crippen LogP contribution in [0.4, 0.5) is 0 Å². The fourth-order valence-corrected chi connectivity index (χ4v) is 10.2. The monoisotopic (exact) mass is 524 g/mol. The summed E-state index contributed by atoms with van der Waals surface area (Å²) in [6.07, 6.45) is 1.19. The Hall–Kier alpha value is -3.80. The third-order valence-corrected chi connectivity index (χ3v) is 11.3. The molecule has 1 nitrogen and oxygen atoms in total. The summed E-state index contributed by atoms with van der Waals surface area (Å²) in [4.78, 5) is 13.6. The topological polar surface area (TPSA) is 17.1 Å². The summed E-state index contributed by atoms with van der Waals surface area (Å²) < 4.78 is 0. The quantitative estimate of drug-likeness (QED) is 0.209. The molecule has 0 N–H and O–H groups in total. The largest absolute Gasteiger partial charge is 0.300 e. The van der Waals surface area contributed by atoms with Gasteiger partial charge in [0.1, 0.15) is 5.78 Å². The van der Waals surface area contributed by atoms with Gasteiger partial charge in [-0.25, -0.2) is 0 Å². The van der Waals surface area contributed by atoms with Gasteiger partial charge in [0, 0.05) is 24.2 Å². The van der Waals surface area contributed by atoms with Crippen molar-refractivity contribution in [1.29, 1.82) is 0 Å². The molecule has 1 fully saturated rings. The molecule has 1 aliphatic heterocycles. The van der Waals surface area contributed by atoms with Crippen molar-refractivity contribution in [3.63, 3.8) is 0 Å². The van der Waals surface area contributed by atoms with Gasteiger partial charge in [0.25, 0.3) is 0 Å². The van der Waals surface area contributed by atoms with Crippen molar-refractivity contribution in [2.75, 3.05) is 0 Å². The van der Waals surface area contributed by atoms with E-state index >= 15 is 0 Å². The van der Waals surface area contributed by atoms with Crippen molar-refractivity contribution >= 4 is 19.0 Å². The highest BCUT2D eigenvalue weighted by atomic mass is 31.1. The van der Waals surface area contributed by atoms with Gasteiger partial charge in [-0.2, -0.15) is 0 Å².